The van der Waals surface area contributed by atoms with Gasteiger partial charge in [0.05, 0.1) is 5.92 Å². The van der Waals surface area contributed by atoms with E-state index >= 15 is 0 Å². The second kappa shape index (κ2) is 1.84. The zero-order valence-electron chi connectivity index (χ0n) is 6.52. The second-order valence-electron chi connectivity index (χ2n) is 3.78. The summed E-state index contributed by atoms with van der Waals surface area (Å²) >= 11 is 0. The Morgan fingerprint density at radius 3 is 2.73 bits per heavy atom. The molecular weight excluding hydrogens is 142 g/mol. The fraction of sp³-hybridized carbons (Fsp3) is 0.750. The lowest BCUT2D eigenvalue weighted by Crippen LogP contribution is -2.60. The van der Waals surface area contributed by atoms with Gasteiger partial charge in [0, 0.05) is 12.0 Å². The van der Waals surface area contributed by atoms with Crippen molar-refractivity contribution < 1.29 is 9.59 Å². The van der Waals surface area contributed by atoms with Gasteiger partial charge in [-0.25, -0.2) is 0 Å². The van der Waals surface area contributed by atoms with E-state index in [2.05, 4.69) is 5.32 Å². The lowest BCUT2D eigenvalue weighted by Gasteiger charge is -2.43. The van der Waals surface area contributed by atoms with Crippen LogP contribution in [0.4, 0.5) is 0 Å². The summed E-state index contributed by atoms with van der Waals surface area (Å²) in [6, 6.07) is 0. The number of hydrogen-bond acceptors (Lipinski definition) is 2. The molecule has 0 spiro atoms. The maximum atomic E-state index is 11.2. The van der Waals surface area contributed by atoms with Crippen LogP contribution in [0.3, 0.4) is 0 Å². The van der Waals surface area contributed by atoms with Crippen molar-refractivity contribution in [2.24, 2.45) is 5.92 Å². The number of rotatable bonds is 0. The molecule has 2 bridgehead atoms. The number of ketones is 1. The number of fused-ring (bicyclic) bond motifs is 3. The van der Waals surface area contributed by atoms with Gasteiger partial charge in [0.1, 0.15) is 5.78 Å². The molecule has 0 radical (unpaired) electrons. The first-order valence-electron chi connectivity index (χ1n) is 3.95. The lowest BCUT2D eigenvalue weighted by atomic mass is 9.72. The number of amides is 1. The molecule has 0 aromatic heterocycles. The topological polar surface area (TPSA) is 46.2 Å². The fourth-order valence-corrected chi connectivity index (χ4v) is 1.99. The molecule has 2 saturated heterocycles. The van der Waals surface area contributed by atoms with Crippen LogP contribution < -0.4 is 5.32 Å². The molecule has 3 aliphatic rings. The molecule has 60 valence electrons. The molecule has 2 atom stereocenters. The summed E-state index contributed by atoms with van der Waals surface area (Å²) < 4.78 is 0. The molecule has 3 heteroatoms. The first-order valence-corrected chi connectivity index (χ1v) is 3.95. The predicted molar refractivity (Wildman–Crippen MR) is 38.9 cm³/mol. The van der Waals surface area contributed by atoms with Gasteiger partial charge in [-0.15, -0.1) is 0 Å². The average Bonchev–Trinajstić information content (AvgIpc) is 1.83. The molecule has 2 aliphatic heterocycles. The zero-order valence-corrected chi connectivity index (χ0v) is 6.52. The summed E-state index contributed by atoms with van der Waals surface area (Å²) in [7, 11) is 0. The van der Waals surface area contributed by atoms with Crippen molar-refractivity contribution in [3.8, 4) is 0 Å². The number of piperidine rings is 2. The van der Waals surface area contributed by atoms with E-state index in [0.717, 1.165) is 12.8 Å². The van der Waals surface area contributed by atoms with E-state index in [1.54, 1.807) is 0 Å². The summed E-state index contributed by atoms with van der Waals surface area (Å²) in [6.07, 6.45) is 2.24. The molecule has 1 aliphatic carbocycles. The summed E-state index contributed by atoms with van der Waals surface area (Å²) in [6.45, 7) is 1.94. The van der Waals surface area contributed by atoms with Crippen LogP contribution in [-0.4, -0.2) is 17.2 Å². The number of hydrogen-bond donors (Lipinski definition) is 1. The Morgan fingerprint density at radius 2 is 2.27 bits per heavy atom. The Balaban J connectivity index is 2.33. The molecule has 1 N–H and O–H groups in total. The minimum atomic E-state index is -0.322. The molecule has 2 heterocycles. The minimum absolute atomic E-state index is 0.0602. The Kier molecular flexibility index (Phi) is 1.14. The quantitative estimate of drug-likeness (QED) is 0.507. The highest BCUT2D eigenvalue weighted by molar-refractivity contribution is 6.05. The highest BCUT2D eigenvalue weighted by atomic mass is 16.2. The molecule has 3 rings (SSSR count). The van der Waals surface area contributed by atoms with Gasteiger partial charge in [-0.2, -0.15) is 0 Å². The van der Waals surface area contributed by atoms with Crippen LogP contribution in [0.15, 0.2) is 0 Å². The van der Waals surface area contributed by atoms with Gasteiger partial charge < -0.3 is 5.32 Å². The molecule has 0 aromatic rings. The van der Waals surface area contributed by atoms with E-state index in [0.29, 0.717) is 6.42 Å². The normalized spacial score (nSPS) is 42.5. The molecule has 2 unspecified atom stereocenters. The largest absolute Gasteiger partial charge is 0.350 e. The molecule has 3 nitrogen and oxygen atoms in total. The third-order valence-corrected chi connectivity index (χ3v) is 2.68. The van der Waals surface area contributed by atoms with Gasteiger partial charge in [0.25, 0.3) is 0 Å². The average molecular weight is 153 g/mol. The van der Waals surface area contributed by atoms with Gasteiger partial charge in [-0.05, 0) is 19.8 Å². The maximum absolute atomic E-state index is 11.2. The predicted octanol–water partition coefficient (Wildman–Crippen LogP) is 0.244. The summed E-state index contributed by atoms with van der Waals surface area (Å²) in [5, 5.41) is 2.86. The number of nitrogens with one attached hydrogen (secondary N) is 1. The van der Waals surface area contributed by atoms with Crippen LogP contribution in [-0.2, 0) is 9.59 Å². The van der Waals surface area contributed by atoms with E-state index in [9.17, 15) is 9.59 Å². The van der Waals surface area contributed by atoms with Crippen LogP contribution in [0.25, 0.3) is 0 Å². The van der Waals surface area contributed by atoms with Gasteiger partial charge >= 0.3 is 0 Å². The van der Waals surface area contributed by atoms with Gasteiger partial charge in [-0.3, -0.25) is 9.59 Å². The SMILES string of the molecule is CC12CCC(C(=O)C1)C(=O)N2. The van der Waals surface area contributed by atoms with E-state index in [1.165, 1.54) is 0 Å². The Hall–Kier alpha value is -0.860. The van der Waals surface area contributed by atoms with Crippen LogP contribution in [0.5, 0.6) is 0 Å². The summed E-state index contributed by atoms with van der Waals surface area (Å²) in [5.74, 6) is -0.255. The second-order valence-corrected chi connectivity index (χ2v) is 3.78. The van der Waals surface area contributed by atoms with Gasteiger partial charge in [0.15, 0.2) is 0 Å². The molecular formula is C8H11NO2. The van der Waals surface area contributed by atoms with E-state index in [-0.39, 0.29) is 23.1 Å². The fourth-order valence-electron chi connectivity index (χ4n) is 1.99. The monoisotopic (exact) mass is 153 g/mol. The molecule has 3 fully saturated rings. The Morgan fingerprint density at radius 1 is 1.55 bits per heavy atom. The first kappa shape index (κ1) is 6.83. The third-order valence-electron chi connectivity index (χ3n) is 2.68. The van der Waals surface area contributed by atoms with Crippen molar-refractivity contribution in [3.05, 3.63) is 0 Å². The first-order chi connectivity index (χ1) is 5.11. The molecule has 0 aromatic carbocycles. The van der Waals surface area contributed by atoms with Crippen molar-refractivity contribution in [1.29, 1.82) is 0 Å². The smallest absolute Gasteiger partial charge is 0.231 e. The van der Waals surface area contributed by atoms with Crippen LogP contribution >= 0.6 is 0 Å². The van der Waals surface area contributed by atoms with Crippen molar-refractivity contribution >= 4 is 11.7 Å². The molecule has 1 amide bonds. The minimum Gasteiger partial charge on any atom is -0.350 e. The lowest BCUT2D eigenvalue weighted by molar-refractivity contribution is -0.144. The van der Waals surface area contributed by atoms with E-state index < -0.39 is 0 Å². The van der Waals surface area contributed by atoms with Crippen LogP contribution in [0.2, 0.25) is 0 Å². The van der Waals surface area contributed by atoms with Crippen molar-refractivity contribution in [2.75, 3.05) is 0 Å². The maximum Gasteiger partial charge on any atom is 0.231 e. The zero-order chi connectivity index (χ0) is 8.06. The summed E-state index contributed by atoms with van der Waals surface area (Å²) in [4.78, 5) is 22.3. The number of carbonyl (C=O) groups excluding carboxylic acids is 2. The third kappa shape index (κ3) is 0.870. The van der Waals surface area contributed by atoms with Crippen LogP contribution in [0, 0.1) is 5.92 Å². The van der Waals surface area contributed by atoms with Crippen molar-refractivity contribution in [2.45, 2.75) is 31.7 Å². The van der Waals surface area contributed by atoms with Gasteiger partial charge in [-0.1, -0.05) is 0 Å². The Bertz CT molecular complexity index is 216. The summed E-state index contributed by atoms with van der Waals surface area (Å²) in [5.41, 5.74) is -0.219. The molecule has 11 heavy (non-hydrogen) atoms. The standard InChI is InChI=1S/C8H11NO2/c1-8-3-2-5(6(10)4-8)7(11)9-8/h5H,2-4H2,1H3,(H,9,11). The molecule has 1 saturated carbocycles. The van der Waals surface area contributed by atoms with Crippen LogP contribution in [0.1, 0.15) is 26.2 Å². The highest BCUT2D eigenvalue weighted by Gasteiger charge is 2.46. The van der Waals surface area contributed by atoms with Gasteiger partial charge in [0.2, 0.25) is 5.91 Å². The highest BCUT2D eigenvalue weighted by Crippen LogP contribution is 2.34. The van der Waals surface area contributed by atoms with E-state index in [1.807, 2.05) is 6.92 Å². The Labute approximate surface area is 65.2 Å². The number of carbonyl (C=O) groups is 2. The number of Topliss-reactive ketones (excluding diaryl/α,β-unsaturated/α-hetero) is 1. The van der Waals surface area contributed by atoms with Crippen molar-refractivity contribution in [1.82, 2.24) is 5.32 Å². The van der Waals surface area contributed by atoms with E-state index in [4.69, 9.17) is 0 Å². The van der Waals surface area contributed by atoms with Crippen molar-refractivity contribution in [3.63, 3.8) is 0 Å².